The van der Waals surface area contributed by atoms with Crippen molar-refractivity contribution in [2.45, 2.75) is 13.5 Å². The van der Waals surface area contributed by atoms with Crippen LogP contribution < -0.4 is 10.4 Å². The number of hydrogen-bond donors (Lipinski definition) is 0. The smallest absolute Gasteiger partial charge is 0.368 e. The first kappa shape index (κ1) is 15.2. The number of rotatable bonds is 4. The predicted octanol–water partition coefficient (Wildman–Crippen LogP) is 1.91. The topological polar surface area (TPSA) is 74.8 Å². The maximum Gasteiger partial charge on any atom is 0.368 e. The highest BCUT2D eigenvalue weighted by atomic mass is 127. The Hall–Kier alpha value is -1.75. The number of tetrazole rings is 1. The maximum absolute atomic E-state index is 12.1. The number of aromatic nitrogens is 5. The fraction of sp³-hybridized carbons (Fsp3) is 0.231. The lowest BCUT2D eigenvalue weighted by Crippen LogP contribution is -2.23. The molecule has 0 saturated heterocycles. The van der Waals surface area contributed by atoms with Gasteiger partial charge in [-0.2, -0.15) is 9.36 Å². The van der Waals surface area contributed by atoms with E-state index in [0.717, 1.165) is 14.8 Å². The van der Waals surface area contributed by atoms with Crippen LogP contribution in [0.15, 0.2) is 28.4 Å². The van der Waals surface area contributed by atoms with Crippen LogP contribution in [0.1, 0.15) is 11.3 Å². The molecule has 0 spiro atoms. The van der Waals surface area contributed by atoms with Gasteiger partial charge in [0.25, 0.3) is 5.19 Å². The number of hydrogen-bond acceptors (Lipinski definition) is 6. The summed E-state index contributed by atoms with van der Waals surface area (Å²) >= 11 is 3.66. The van der Waals surface area contributed by atoms with Gasteiger partial charge in [0.15, 0.2) is 0 Å². The summed E-state index contributed by atoms with van der Waals surface area (Å²) in [6.07, 6.45) is 0. The number of nitrogens with zero attached hydrogens (tertiary/aromatic N) is 5. The molecule has 0 amide bonds. The van der Waals surface area contributed by atoms with Crippen LogP contribution in [0.4, 0.5) is 0 Å². The molecule has 0 fully saturated rings. The minimum atomic E-state index is -0.298. The Bertz CT molecular complexity index is 869. The molecular weight excluding hydrogens is 417 g/mol. The first-order valence-corrected chi connectivity index (χ1v) is 8.34. The molecule has 0 unspecified atom stereocenters. The van der Waals surface area contributed by atoms with E-state index in [4.69, 9.17) is 4.74 Å². The number of benzene rings is 1. The summed E-state index contributed by atoms with van der Waals surface area (Å²) < 4.78 is 9.18. The van der Waals surface area contributed by atoms with Crippen LogP contribution in [-0.2, 0) is 13.7 Å². The first-order valence-electron chi connectivity index (χ1n) is 6.38. The fourth-order valence-corrected chi connectivity index (χ4v) is 3.17. The van der Waals surface area contributed by atoms with Gasteiger partial charge in [-0.1, -0.05) is 17.4 Å². The molecule has 9 heteroatoms. The summed E-state index contributed by atoms with van der Waals surface area (Å²) in [5.74, 6) is 0. The lowest BCUT2D eigenvalue weighted by molar-refractivity contribution is 0.302. The van der Waals surface area contributed by atoms with Crippen molar-refractivity contribution in [1.29, 1.82) is 0 Å². The van der Waals surface area contributed by atoms with Crippen molar-refractivity contribution in [1.82, 2.24) is 24.8 Å². The zero-order chi connectivity index (χ0) is 15.7. The van der Waals surface area contributed by atoms with Crippen molar-refractivity contribution in [3.8, 4) is 10.9 Å². The van der Waals surface area contributed by atoms with Crippen LogP contribution in [-0.4, -0.2) is 24.8 Å². The van der Waals surface area contributed by atoms with E-state index >= 15 is 0 Å². The summed E-state index contributed by atoms with van der Waals surface area (Å²) in [4.78, 5) is 16.3. The van der Waals surface area contributed by atoms with E-state index in [1.165, 1.54) is 20.7 Å². The van der Waals surface area contributed by atoms with Gasteiger partial charge in [-0.3, -0.25) is 0 Å². The molecule has 7 nitrogen and oxygen atoms in total. The summed E-state index contributed by atoms with van der Waals surface area (Å²) in [5.41, 5.74) is 2.17. The van der Waals surface area contributed by atoms with Crippen LogP contribution in [0.25, 0.3) is 5.69 Å². The van der Waals surface area contributed by atoms with Gasteiger partial charge >= 0.3 is 5.69 Å². The lowest BCUT2D eigenvalue weighted by Gasteiger charge is -2.10. The Labute approximate surface area is 143 Å². The molecule has 0 radical (unpaired) electrons. The van der Waals surface area contributed by atoms with Gasteiger partial charge in [-0.25, -0.2) is 9.78 Å². The molecule has 0 aliphatic heterocycles. The predicted molar refractivity (Wildman–Crippen MR) is 90.5 cm³/mol. The molecule has 0 bridgehead atoms. The molecule has 0 N–H and O–H groups in total. The van der Waals surface area contributed by atoms with Crippen molar-refractivity contribution < 1.29 is 4.74 Å². The third-order valence-corrected chi connectivity index (χ3v) is 4.86. The largest absolute Gasteiger partial charge is 0.465 e. The molecule has 0 saturated carbocycles. The van der Waals surface area contributed by atoms with E-state index in [-0.39, 0.29) is 5.69 Å². The van der Waals surface area contributed by atoms with Gasteiger partial charge in [0.2, 0.25) is 0 Å². The second-order valence-corrected chi connectivity index (χ2v) is 6.56. The van der Waals surface area contributed by atoms with E-state index in [1.54, 1.807) is 7.05 Å². The lowest BCUT2D eigenvalue weighted by atomic mass is 10.2. The number of thiazole rings is 1. The molecule has 1 aromatic carbocycles. The van der Waals surface area contributed by atoms with Crippen molar-refractivity contribution in [2.24, 2.45) is 7.05 Å². The molecule has 2 heterocycles. The molecule has 0 aliphatic rings. The van der Waals surface area contributed by atoms with Crippen LogP contribution in [0, 0.1) is 10.5 Å². The molecular formula is C13H12IN5O2S. The van der Waals surface area contributed by atoms with Gasteiger partial charge in [0.05, 0.1) is 11.4 Å². The van der Waals surface area contributed by atoms with Gasteiger partial charge in [-0.15, -0.1) is 0 Å². The van der Waals surface area contributed by atoms with E-state index in [9.17, 15) is 4.79 Å². The maximum atomic E-state index is 12.1. The van der Waals surface area contributed by atoms with Crippen molar-refractivity contribution in [2.75, 3.05) is 0 Å². The van der Waals surface area contributed by atoms with E-state index < -0.39 is 0 Å². The second-order valence-electron chi connectivity index (χ2n) is 4.58. The molecule has 0 aliphatic carbocycles. The molecule has 0 atom stereocenters. The van der Waals surface area contributed by atoms with Crippen molar-refractivity contribution in [3.05, 3.63) is 48.9 Å². The summed E-state index contributed by atoms with van der Waals surface area (Å²) in [5, 5.41) is 10.2. The molecule has 3 aromatic rings. The zero-order valence-electron chi connectivity index (χ0n) is 11.9. The SMILES string of the molecule is Cc1csc(OCc2c(I)cccc2-n2nnn(C)c2=O)n1. The number of halogens is 1. The minimum Gasteiger partial charge on any atom is -0.465 e. The average molecular weight is 429 g/mol. The summed E-state index contributed by atoms with van der Waals surface area (Å²) in [6.45, 7) is 2.23. The average Bonchev–Trinajstić information content (AvgIpc) is 3.05. The van der Waals surface area contributed by atoms with Crippen LogP contribution in [0.3, 0.4) is 0 Å². The Balaban J connectivity index is 1.96. The molecule has 22 heavy (non-hydrogen) atoms. The molecule has 114 valence electrons. The van der Waals surface area contributed by atoms with Gasteiger partial charge < -0.3 is 4.74 Å². The normalized spacial score (nSPS) is 10.9. The van der Waals surface area contributed by atoms with Gasteiger partial charge in [-0.05, 0) is 52.1 Å². The standard InChI is InChI=1S/C13H12IN5O2S/c1-8-7-22-12(15-8)21-6-9-10(14)4-3-5-11(9)19-13(20)18(2)16-17-19/h3-5,7H,6H2,1-2H3. The van der Waals surface area contributed by atoms with Crippen LogP contribution in [0.2, 0.25) is 0 Å². The Kier molecular flexibility index (Phi) is 4.25. The Morgan fingerprint density at radius 3 is 2.82 bits per heavy atom. The first-order chi connectivity index (χ1) is 10.6. The Morgan fingerprint density at radius 1 is 1.36 bits per heavy atom. The van der Waals surface area contributed by atoms with E-state index in [0.29, 0.717) is 17.5 Å². The van der Waals surface area contributed by atoms with Crippen LogP contribution >= 0.6 is 33.9 Å². The van der Waals surface area contributed by atoms with Gasteiger partial charge in [0, 0.05) is 21.6 Å². The quantitative estimate of drug-likeness (QED) is 0.593. The molecule has 3 rings (SSSR count). The zero-order valence-corrected chi connectivity index (χ0v) is 14.8. The monoisotopic (exact) mass is 429 g/mol. The second kappa shape index (κ2) is 6.16. The van der Waals surface area contributed by atoms with Gasteiger partial charge in [0.1, 0.15) is 6.61 Å². The van der Waals surface area contributed by atoms with Crippen LogP contribution in [0.5, 0.6) is 5.19 Å². The summed E-state index contributed by atoms with van der Waals surface area (Å²) in [7, 11) is 1.56. The van der Waals surface area contributed by atoms with E-state index in [1.807, 2.05) is 30.5 Å². The van der Waals surface area contributed by atoms with Crippen molar-refractivity contribution in [3.63, 3.8) is 0 Å². The molecule has 2 aromatic heterocycles. The number of ether oxygens (including phenoxy) is 1. The third-order valence-electron chi connectivity index (χ3n) is 2.98. The highest BCUT2D eigenvalue weighted by molar-refractivity contribution is 14.1. The Morgan fingerprint density at radius 2 is 2.18 bits per heavy atom. The van der Waals surface area contributed by atoms with Crippen molar-refractivity contribution >= 4 is 33.9 Å². The van der Waals surface area contributed by atoms with E-state index in [2.05, 4.69) is 38.0 Å². The fourth-order valence-electron chi connectivity index (χ4n) is 1.89. The summed E-state index contributed by atoms with van der Waals surface area (Å²) in [6, 6.07) is 5.65. The third kappa shape index (κ3) is 2.90. The number of aryl methyl sites for hydroxylation is 2. The highest BCUT2D eigenvalue weighted by Crippen LogP contribution is 2.23. The minimum absolute atomic E-state index is 0.298. The highest BCUT2D eigenvalue weighted by Gasteiger charge is 2.14.